The Kier molecular flexibility index (Phi) is 4.27. The Hall–Kier alpha value is -3.15. The second-order valence-electron chi connectivity index (χ2n) is 5.92. The highest BCUT2D eigenvalue weighted by atomic mass is 19.1. The molecular weight excluding hydrogens is 323 g/mol. The Morgan fingerprint density at radius 3 is 2.68 bits per heavy atom. The number of nitrogens with one attached hydrogen (secondary N) is 1. The highest BCUT2D eigenvalue weighted by Gasteiger charge is 2.13. The van der Waals surface area contributed by atoms with Gasteiger partial charge in [0.1, 0.15) is 12.4 Å². The molecule has 0 fully saturated rings. The lowest BCUT2D eigenvalue weighted by Crippen LogP contribution is -2.25. The molecule has 0 aliphatic carbocycles. The van der Waals surface area contributed by atoms with E-state index in [4.69, 9.17) is 5.11 Å². The first-order valence-electron chi connectivity index (χ1n) is 7.72. The molecule has 5 nitrogen and oxygen atoms in total. The third-order valence-corrected chi connectivity index (χ3v) is 4.26. The fraction of sp³-hybridized carbons (Fsp3) is 0.158. The average molecular weight is 340 g/mol. The number of H-pyrrole nitrogens is 1. The maximum absolute atomic E-state index is 13.9. The van der Waals surface area contributed by atoms with Crippen molar-refractivity contribution in [2.45, 2.75) is 6.92 Å². The van der Waals surface area contributed by atoms with Crippen molar-refractivity contribution in [3.63, 3.8) is 0 Å². The van der Waals surface area contributed by atoms with Gasteiger partial charge in [-0.1, -0.05) is 18.2 Å². The van der Waals surface area contributed by atoms with Gasteiger partial charge in [0.15, 0.2) is 0 Å². The monoisotopic (exact) mass is 340 g/mol. The molecule has 6 heteroatoms. The summed E-state index contributed by atoms with van der Waals surface area (Å²) in [6.45, 7) is 1.52. The van der Waals surface area contributed by atoms with Crippen molar-refractivity contribution in [3.05, 3.63) is 64.3 Å². The summed E-state index contributed by atoms with van der Waals surface area (Å²) < 4.78 is 13.9. The van der Waals surface area contributed by atoms with Gasteiger partial charge < -0.3 is 15.0 Å². The predicted octanol–water partition coefficient (Wildman–Crippen LogP) is 3.16. The molecule has 128 valence electrons. The van der Waals surface area contributed by atoms with Crippen molar-refractivity contribution in [2.75, 3.05) is 18.5 Å². The molecule has 0 atom stereocenters. The van der Waals surface area contributed by atoms with E-state index >= 15 is 0 Å². The van der Waals surface area contributed by atoms with Crippen LogP contribution in [0.3, 0.4) is 0 Å². The van der Waals surface area contributed by atoms with E-state index in [1.807, 2.05) is 0 Å². The number of rotatable bonds is 4. The first-order valence-corrected chi connectivity index (χ1v) is 7.72. The fourth-order valence-corrected chi connectivity index (χ4v) is 2.90. The number of anilines is 1. The zero-order chi connectivity index (χ0) is 18.1. The molecule has 0 unspecified atom stereocenters. The van der Waals surface area contributed by atoms with Crippen LogP contribution in [-0.4, -0.2) is 29.7 Å². The summed E-state index contributed by atoms with van der Waals surface area (Å²) in [6, 6.07) is 9.99. The molecule has 0 radical (unpaired) electrons. The highest BCUT2D eigenvalue weighted by molar-refractivity contribution is 5.98. The standard InChI is InChI=1S/C19H17FN2O3/c1-11-13(4-3-5-17(11)20)16-9-21-19(25)15-8-12(6-7-14(15)16)22(2)10-18(23)24/h3-9H,10H2,1-2H3,(H,21,25)(H,23,24). The lowest BCUT2D eigenvalue weighted by molar-refractivity contribution is -0.135. The Morgan fingerprint density at radius 1 is 1.20 bits per heavy atom. The molecule has 2 aromatic carbocycles. The van der Waals surface area contributed by atoms with E-state index in [1.54, 1.807) is 55.4 Å². The van der Waals surface area contributed by atoms with Crippen molar-refractivity contribution in [3.8, 4) is 11.1 Å². The number of fused-ring (bicyclic) bond motifs is 1. The minimum Gasteiger partial charge on any atom is -0.480 e. The van der Waals surface area contributed by atoms with E-state index in [0.717, 1.165) is 5.56 Å². The van der Waals surface area contributed by atoms with E-state index in [1.165, 1.54) is 6.07 Å². The third-order valence-electron chi connectivity index (χ3n) is 4.26. The summed E-state index contributed by atoms with van der Waals surface area (Å²) in [4.78, 5) is 27.3. The summed E-state index contributed by atoms with van der Waals surface area (Å²) >= 11 is 0. The molecule has 3 aromatic rings. The second kappa shape index (κ2) is 6.39. The number of pyridine rings is 1. The molecule has 25 heavy (non-hydrogen) atoms. The number of halogens is 1. The number of aliphatic carboxylic acids is 1. The van der Waals surface area contributed by atoms with Crippen molar-refractivity contribution in [1.82, 2.24) is 4.98 Å². The lowest BCUT2D eigenvalue weighted by atomic mass is 9.96. The van der Waals surface area contributed by atoms with Gasteiger partial charge in [0.05, 0.1) is 0 Å². The predicted molar refractivity (Wildman–Crippen MR) is 95.6 cm³/mol. The third kappa shape index (κ3) is 3.10. The summed E-state index contributed by atoms with van der Waals surface area (Å²) in [5.74, 6) is -1.27. The van der Waals surface area contributed by atoms with Gasteiger partial charge >= 0.3 is 5.97 Å². The number of carbonyl (C=O) groups is 1. The summed E-state index contributed by atoms with van der Waals surface area (Å²) in [6.07, 6.45) is 1.58. The van der Waals surface area contributed by atoms with Gasteiger partial charge in [0.25, 0.3) is 5.56 Å². The molecule has 1 aromatic heterocycles. The van der Waals surface area contributed by atoms with E-state index in [2.05, 4.69) is 4.98 Å². The van der Waals surface area contributed by atoms with Crippen molar-refractivity contribution in [1.29, 1.82) is 0 Å². The van der Waals surface area contributed by atoms with Crippen LogP contribution in [0.4, 0.5) is 10.1 Å². The van der Waals surface area contributed by atoms with E-state index in [-0.39, 0.29) is 17.9 Å². The smallest absolute Gasteiger partial charge is 0.323 e. The Balaban J connectivity index is 2.20. The first-order chi connectivity index (χ1) is 11.9. The lowest BCUT2D eigenvalue weighted by Gasteiger charge is -2.18. The number of benzene rings is 2. The maximum Gasteiger partial charge on any atom is 0.323 e. The van der Waals surface area contributed by atoms with Gasteiger partial charge in [0, 0.05) is 29.9 Å². The number of likely N-dealkylation sites (N-methyl/N-ethyl adjacent to an activating group) is 1. The summed E-state index contributed by atoms with van der Waals surface area (Å²) in [5.41, 5.74) is 2.27. The second-order valence-corrected chi connectivity index (χ2v) is 5.92. The van der Waals surface area contributed by atoms with Crippen LogP contribution in [0.2, 0.25) is 0 Å². The molecule has 0 saturated carbocycles. The van der Waals surface area contributed by atoms with Gasteiger partial charge in [-0.2, -0.15) is 0 Å². The van der Waals surface area contributed by atoms with E-state index in [9.17, 15) is 14.0 Å². The van der Waals surface area contributed by atoms with Crippen LogP contribution in [0.1, 0.15) is 5.56 Å². The number of nitrogens with zero attached hydrogens (tertiary/aromatic N) is 1. The highest BCUT2D eigenvalue weighted by Crippen LogP contribution is 2.31. The van der Waals surface area contributed by atoms with Crippen molar-refractivity contribution < 1.29 is 14.3 Å². The first kappa shape index (κ1) is 16.7. The maximum atomic E-state index is 13.9. The Morgan fingerprint density at radius 2 is 1.96 bits per heavy atom. The Labute approximate surface area is 143 Å². The molecule has 0 bridgehead atoms. The fourth-order valence-electron chi connectivity index (χ4n) is 2.90. The molecular formula is C19H17FN2O3. The SMILES string of the molecule is Cc1c(F)cccc1-c1c[nH]c(=O)c2cc(N(C)CC(=O)O)ccc12. The molecule has 0 amide bonds. The minimum atomic E-state index is -0.958. The molecule has 0 spiro atoms. The van der Waals surface area contributed by atoms with Crippen LogP contribution in [0.15, 0.2) is 47.4 Å². The summed E-state index contributed by atoms with van der Waals surface area (Å²) in [7, 11) is 1.64. The van der Waals surface area contributed by atoms with Gasteiger partial charge in [-0.25, -0.2) is 4.39 Å². The van der Waals surface area contributed by atoms with Crippen LogP contribution in [0, 0.1) is 12.7 Å². The molecule has 2 N–H and O–H groups in total. The Bertz CT molecular complexity index is 1030. The van der Waals surface area contributed by atoms with Crippen molar-refractivity contribution >= 4 is 22.4 Å². The van der Waals surface area contributed by atoms with Crippen LogP contribution in [-0.2, 0) is 4.79 Å². The number of aromatic nitrogens is 1. The number of carboxylic acids is 1. The van der Waals surface area contributed by atoms with Crippen LogP contribution in [0.5, 0.6) is 0 Å². The quantitative estimate of drug-likeness (QED) is 0.765. The van der Waals surface area contributed by atoms with E-state index < -0.39 is 5.97 Å². The van der Waals surface area contributed by atoms with Gasteiger partial charge in [-0.15, -0.1) is 0 Å². The van der Waals surface area contributed by atoms with Crippen LogP contribution in [0.25, 0.3) is 21.9 Å². The average Bonchev–Trinajstić information content (AvgIpc) is 2.57. The number of hydrogen-bond acceptors (Lipinski definition) is 3. The zero-order valence-corrected chi connectivity index (χ0v) is 13.8. The van der Waals surface area contributed by atoms with Gasteiger partial charge in [0.2, 0.25) is 0 Å². The van der Waals surface area contributed by atoms with Gasteiger partial charge in [-0.3, -0.25) is 9.59 Å². The number of carboxylic acid groups (broad SMARTS) is 1. The van der Waals surface area contributed by atoms with Crippen LogP contribution < -0.4 is 10.5 Å². The van der Waals surface area contributed by atoms with Gasteiger partial charge in [-0.05, 0) is 41.6 Å². The number of aromatic amines is 1. The topological polar surface area (TPSA) is 73.4 Å². The molecule has 0 saturated heterocycles. The molecule has 0 aliphatic rings. The number of hydrogen-bond donors (Lipinski definition) is 2. The minimum absolute atomic E-state index is 0.174. The zero-order valence-electron chi connectivity index (χ0n) is 13.8. The largest absolute Gasteiger partial charge is 0.480 e. The molecule has 1 heterocycles. The molecule has 0 aliphatic heterocycles. The van der Waals surface area contributed by atoms with Crippen LogP contribution >= 0.6 is 0 Å². The molecule has 3 rings (SSSR count). The van der Waals surface area contributed by atoms with E-state index in [0.29, 0.717) is 27.6 Å². The van der Waals surface area contributed by atoms with Crippen molar-refractivity contribution in [2.24, 2.45) is 0 Å². The summed E-state index contributed by atoms with van der Waals surface area (Å²) in [5, 5.41) is 10.0. The normalized spacial score (nSPS) is 10.8.